The zero-order valence-electron chi connectivity index (χ0n) is 17.7. The maximum atomic E-state index is 11.8. The molecule has 0 spiro atoms. The van der Waals surface area contributed by atoms with E-state index in [1.54, 1.807) is 0 Å². The van der Waals surface area contributed by atoms with Crippen molar-refractivity contribution in [3.05, 3.63) is 34.9 Å². The summed E-state index contributed by atoms with van der Waals surface area (Å²) in [6.07, 6.45) is 3.91. The fraction of sp³-hybridized carbons (Fsp3) is 0.636. The van der Waals surface area contributed by atoms with Gasteiger partial charge in [-0.05, 0) is 49.9 Å². The number of aliphatic imine (C=N–C) groups is 1. The number of carbonyl (C=O) groups is 1. The molecule has 0 saturated carbocycles. The van der Waals surface area contributed by atoms with E-state index in [4.69, 9.17) is 11.6 Å². The maximum Gasteiger partial charge on any atom is 0.222 e. The second-order valence-corrected chi connectivity index (χ2v) is 8.49. The molecule has 0 aliphatic carbocycles. The molecule has 3 rings (SSSR count). The second-order valence-electron chi connectivity index (χ2n) is 8.09. The van der Waals surface area contributed by atoms with Crippen LogP contribution in [0.5, 0.6) is 0 Å². The molecule has 29 heavy (non-hydrogen) atoms. The van der Waals surface area contributed by atoms with Gasteiger partial charge in [0.05, 0.1) is 0 Å². The summed E-state index contributed by atoms with van der Waals surface area (Å²) in [5.74, 6) is 1.73. The number of nitrogens with one attached hydrogen (secondary N) is 2. The number of carbonyl (C=O) groups excluding carboxylic acids is 1. The molecular formula is C22H34ClN5O. The summed E-state index contributed by atoms with van der Waals surface area (Å²) < 4.78 is 0. The summed E-state index contributed by atoms with van der Waals surface area (Å²) >= 11 is 6.30. The molecule has 2 heterocycles. The summed E-state index contributed by atoms with van der Waals surface area (Å²) in [4.78, 5) is 20.7. The lowest BCUT2D eigenvalue weighted by Crippen LogP contribution is -2.47. The molecular weight excluding hydrogens is 386 g/mol. The molecule has 160 valence electrons. The van der Waals surface area contributed by atoms with Gasteiger partial charge in [-0.2, -0.15) is 0 Å². The Morgan fingerprint density at radius 3 is 2.66 bits per heavy atom. The van der Waals surface area contributed by atoms with Crippen LogP contribution in [0.1, 0.15) is 38.2 Å². The number of benzene rings is 1. The number of guanidine groups is 1. The minimum Gasteiger partial charge on any atom is -0.356 e. The number of rotatable bonds is 6. The topological polar surface area (TPSA) is 60.0 Å². The molecule has 1 aromatic rings. The molecule has 6 nitrogen and oxygen atoms in total. The molecule has 0 bridgehead atoms. The monoisotopic (exact) mass is 419 g/mol. The Labute approximate surface area is 179 Å². The van der Waals surface area contributed by atoms with Crippen LogP contribution in [0.15, 0.2) is 29.3 Å². The van der Waals surface area contributed by atoms with Crippen LogP contribution in [0.2, 0.25) is 5.02 Å². The molecule has 2 N–H and O–H groups in total. The van der Waals surface area contributed by atoms with Crippen LogP contribution in [0.25, 0.3) is 0 Å². The number of amides is 1. The lowest BCUT2D eigenvalue weighted by Gasteiger charge is -2.32. The molecule has 1 aromatic carbocycles. The summed E-state index contributed by atoms with van der Waals surface area (Å²) in [6.45, 7) is 7.59. The first-order chi connectivity index (χ1) is 14.1. The fourth-order valence-electron chi connectivity index (χ4n) is 4.17. The minimum atomic E-state index is 0.237. The summed E-state index contributed by atoms with van der Waals surface area (Å²) in [5, 5.41) is 7.83. The van der Waals surface area contributed by atoms with Crippen LogP contribution in [0.3, 0.4) is 0 Å². The van der Waals surface area contributed by atoms with Crippen molar-refractivity contribution in [1.82, 2.24) is 20.4 Å². The van der Waals surface area contributed by atoms with Crippen LogP contribution in [0.4, 0.5) is 0 Å². The van der Waals surface area contributed by atoms with Crippen LogP contribution >= 0.6 is 11.6 Å². The fourth-order valence-corrected chi connectivity index (χ4v) is 4.37. The first-order valence-electron chi connectivity index (χ1n) is 10.8. The van der Waals surface area contributed by atoms with Gasteiger partial charge in [-0.3, -0.25) is 14.7 Å². The first kappa shape index (κ1) is 21.9. The number of nitrogens with zero attached hydrogens (tertiary/aromatic N) is 3. The third-order valence-electron chi connectivity index (χ3n) is 6.02. The standard InChI is InChI=1S/C22H34ClN5O/c1-3-21(29)28-13-10-19(16-28)26-22(24-2)25-14-17-8-11-27(12-9-17)15-18-6-4-5-7-20(18)23/h4-7,17,19H,3,8-16H2,1-2H3,(H2,24,25,26). The minimum absolute atomic E-state index is 0.237. The van der Waals surface area contributed by atoms with Crippen molar-refractivity contribution in [2.75, 3.05) is 39.8 Å². The molecule has 0 radical (unpaired) electrons. The lowest BCUT2D eigenvalue weighted by molar-refractivity contribution is -0.129. The van der Waals surface area contributed by atoms with E-state index in [2.05, 4.69) is 32.7 Å². The number of hydrogen-bond donors (Lipinski definition) is 2. The Hall–Kier alpha value is -1.79. The SMILES string of the molecule is CCC(=O)N1CCC(NC(=NC)NCC2CCN(Cc3ccccc3Cl)CC2)C1. The van der Waals surface area contributed by atoms with Crippen molar-refractivity contribution in [3.8, 4) is 0 Å². The summed E-state index contributed by atoms with van der Waals surface area (Å²) in [6, 6.07) is 8.40. The molecule has 2 aliphatic heterocycles. The van der Waals surface area contributed by atoms with Gasteiger partial charge in [-0.1, -0.05) is 36.7 Å². The first-order valence-corrected chi connectivity index (χ1v) is 11.2. The van der Waals surface area contributed by atoms with Crippen molar-refractivity contribution < 1.29 is 4.79 Å². The zero-order chi connectivity index (χ0) is 20.6. The van der Waals surface area contributed by atoms with Gasteiger partial charge in [-0.25, -0.2) is 0 Å². The van der Waals surface area contributed by atoms with Gasteiger partial charge in [0.15, 0.2) is 5.96 Å². The molecule has 2 fully saturated rings. The average Bonchev–Trinajstić information content (AvgIpc) is 3.21. The van der Waals surface area contributed by atoms with Crippen molar-refractivity contribution in [2.24, 2.45) is 10.9 Å². The zero-order valence-corrected chi connectivity index (χ0v) is 18.4. The van der Waals surface area contributed by atoms with Crippen LogP contribution in [0, 0.1) is 5.92 Å². The van der Waals surface area contributed by atoms with Gasteiger partial charge in [0.25, 0.3) is 0 Å². The van der Waals surface area contributed by atoms with Crippen molar-refractivity contribution in [2.45, 2.75) is 45.2 Å². The van der Waals surface area contributed by atoms with E-state index in [-0.39, 0.29) is 11.9 Å². The van der Waals surface area contributed by atoms with Gasteiger partial charge in [0.1, 0.15) is 0 Å². The highest BCUT2D eigenvalue weighted by Gasteiger charge is 2.26. The molecule has 2 aliphatic rings. The van der Waals surface area contributed by atoms with Crippen molar-refractivity contribution >= 4 is 23.5 Å². The van der Waals surface area contributed by atoms with Crippen LogP contribution in [-0.2, 0) is 11.3 Å². The number of piperidine rings is 1. The van der Waals surface area contributed by atoms with Crippen LogP contribution in [-0.4, -0.2) is 67.5 Å². The van der Waals surface area contributed by atoms with E-state index in [9.17, 15) is 4.79 Å². The quantitative estimate of drug-likeness (QED) is 0.549. The number of likely N-dealkylation sites (tertiary alicyclic amines) is 2. The van der Waals surface area contributed by atoms with Crippen molar-refractivity contribution in [3.63, 3.8) is 0 Å². The van der Waals surface area contributed by atoms with Crippen molar-refractivity contribution in [1.29, 1.82) is 0 Å². The van der Waals surface area contributed by atoms with Gasteiger partial charge < -0.3 is 15.5 Å². The highest BCUT2D eigenvalue weighted by atomic mass is 35.5. The van der Waals surface area contributed by atoms with Gasteiger partial charge >= 0.3 is 0 Å². The third kappa shape index (κ3) is 6.34. The highest BCUT2D eigenvalue weighted by Crippen LogP contribution is 2.22. The van der Waals surface area contributed by atoms with E-state index in [0.717, 1.165) is 56.7 Å². The molecule has 1 amide bonds. The van der Waals surface area contributed by atoms with E-state index in [0.29, 0.717) is 12.3 Å². The third-order valence-corrected chi connectivity index (χ3v) is 6.39. The van der Waals surface area contributed by atoms with E-state index < -0.39 is 0 Å². The largest absolute Gasteiger partial charge is 0.356 e. The normalized spacial score (nSPS) is 21.4. The van der Waals surface area contributed by atoms with E-state index in [1.165, 1.54) is 18.4 Å². The predicted molar refractivity (Wildman–Crippen MR) is 119 cm³/mol. The maximum absolute atomic E-state index is 11.8. The molecule has 2 saturated heterocycles. The van der Waals surface area contributed by atoms with Gasteiger partial charge in [0.2, 0.25) is 5.91 Å². The number of halogens is 1. The van der Waals surface area contributed by atoms with E-state index >= 15 is 0 Å². The van der Waals surface area contributed by atoms with Gasteiger partial charge in [-0.15, -0.1) is 0 Å². The lowest BCUT2D eigenvalue weighted by atomic mass is 9.96. The second kappa shape index (κ2) is 10.8. The smallest absolute Gasteiger partial charge is 0.222 e. The van der Waals surface area contributed by atoms with Gasteiger partial charge in [0, 0.05) is 50.7 Å². The Morgan fingerprint density at radius 1 is 1.21 bits per heavy atom. The Kier molecular flexibility index (Phi) is 8.19. The molecule has 7 heteroatoms. The van der Waals surface area contributed by atoms with Crippen LogP contribution < -0.4 is 10.6 Å². The predicted octanol–water partition coefficient (Wildman–Crippen LogP) is 2.73. The Balaban J connectivity index is 1.37. The highest BCUT2D eigenvalue weighted by molar-refractivity contribution is 6.31. The molecule has 1 unspecified atom stereocenters. The summed E-state index contributed by atoms with van der Waals surface area (Å²) in [7, 11) is 1.81. The Bertz CT molecular complexity index is 702. The summed E-state index contributed by atoms with van der Waals surface area (Å²) in [5.41, 5.74) is 1.21. The molecule has 1 atom stereocenters. The average molecular weight is 420 g/mol. The van der Waals surface area contributed by atoms with E-state index in [1.807, 2.05) is 31.0 Å². The Morgan fingerprint density at radius 2 is 1.97 bits per heavy atom. The number of hydrogen-bond acceptors (Lipinski definition) is 3. The molecule has 0 aromatic heterocycles.